The van der Waals surface area contributed by atoms with E-state index < -0.39 is 23.1 Å². The van der Waals surface area contributed by atoms with E-state index in [1.807, 2.05) is 18.2 Å². The van der Waals surface area contributed by atoms with Crippen LogP contribution in [0.1, 0.15) is 54.1 Å². The third-order valence-corrected chi connectivity index (χ3v) is 6.63. The van der Waals surface area contributed by atoms with Crippen molar-refractivity contribution in [2.24, 2.45) is 0 Å². The van der Waals surface area contributed by atoms with Gasteiger partial charge in [-0.3, -0.25) is 9.69 Å². The molecule has 1 saturated heterocycles. The van der Waals surface area contributed by atoms with Gasteiger partial charge in [0.25, 0.3) is 5.91 Å². The van der Waals surface area contributed by atoms with Crippen LogP contribution in [0.5, 0.6) is 0 Å². The first-order valence-electron chi connectivity index (χ1n) is 10.6. The number of nitrogens with zero attached hydrogens (tertiary/aromatic N) is 2. The summed E-state index contributed by atoms with van der Waals surface area (Å²) in [5.41, 5.74) is 2.47. The van der Waals surface area contributed by atoms with Gasteiger partial charge in [0, 0.05) is 24.2 Å². The van der Waals surface area contributed by atoms with E-state index in [4.69, 9.17) is 0 Å². The molecule has 5 heteroatoms. The second kappa shape index (κ2) is 7.95. The Bertz CT molecular complexity index is 957. The number of anilines is 1. The van der Waals surface area contributed by atoms with Crippen LogP contribution in [-0.2, 0) is 5.41 Å². The topological polar surface area (TPSA) is 23.6 Å². The average Bonchev–Trinajstić information content (AvgIpc) is 3.03. The summed E-state index contributed by atoms with van der Waals surface area (Å²) in [5.74, 6) is -1.87. The van der Waals surface area contributed by atoms with Crippen molar-refractivity contribution in [1.82, 2.24) is 4.90 Å². The Morgan fingerprint density at radius 3 is 2.43 bits per heavy atom. The van der Waals surface area contributed by atoms with Crippen molar-refractivity contribution < 1.29 is 13.6 Å². The zero-order chi connectivity index (χ0) is 21.5. The summed E-state index contributed by atoms with van der Waals surface area (Å²) in [6.45, 7) is 11.2. The highest BCUT2D eigenvalue weighted by Gasteiger charge is 2.47. The lowest BCUT2D eigenvalue weighted by Gasteiger charge is -2.39. The lowest BCUT2D eigenvalue weighted by molar-refractivity contribution is 0.0969. The molecule has 2 aromatic rings. The van der Waals surface area contributed by atoms with Gasteiger partial charge in [-0.25, -0.2) is 8.78 Å². The van der Waals surface area contributed by atoms with Crippen molar-refractivity contribution in [3.8, 4) is 0 Å². The van der Waals surface area contributed by atoms with Gasteiger partial charge in [-0.1, -0.05) is 38.1 Å². The Hall–Kier alpha value is -2.53. The third-order valence-electron chi connectivity index (χ3n) is 6.63. The summed E-state index contributed by atoms with van der Waals surface area (Å²) in [4.78, 5) is 17.2. The molecule has 0 radical (unpaired) electrons. The first-order valence-corrected chi connectivity index (χ1v) is 10.6. The maximum atomic E-state index is 14.4. The van der Waals surface area contributed by atoms with Crippen molar-refractivity contribution in [3.63, 3.8) is 0 Å². The molecule has 30 heavy (non-hydrogen) atoms. The number of benzene rings is 2. The molecule has 0 aromatic heterocycles. The Morgan fingerprint density at radius 1 is 1.17 bits per heavy atom. The minimum absolute atomic E-state index is 0.185. The van der Waals surface area contributed by atoms with Crippen molar-refractivity contribution in [3.05, 3.63) is 77.4 Å². The summed E-state index contributed by atoms with van der Waals surface area (Å²) in [7, 11) is 0. The largest absolute Gasteiger partial charge is 0.307 e. The fraction of sp³-hybridized carbons (Fsp3) is 0.400. The molecule has 0 aliphatic carbocycles. The average molecular weight is 411 g/mol. The van der Waals surface area contributed by atoms with Crippen LogP contribution in [-0.4, -0.2) is 37.0 Å². The van der Waals surface area contributed by atoms with Crippen LogP contribution >= 0.6 is 0 Å². The fourth-order valence-corrected chi connectivity index (χ4v) is 4.84. The van der Waals surface area contributed by atoms with E-state index in [0.717, 1.165) is 55.9 Å². The van der Waals surface area contributed by atoms with Crippen molar-refractivity contribution >= 4 is 11.6 Å². The molecule has 0 unspecified atom stereocenters. The highest BCUT2D eigenvalue weighted by atomic mass is 19.1. The zero-order valence-electron chi connectivity index (χ0n) is 17.6. The van der Waals surface area contributed by atoms with Gasteiger partial charge in [-0.2, -0.15) is 0 Å². The molecular weight excluding hydrogens is 382 g/mol. The van der Waals surface area contributed by atoms with Crippen molar-refractivity contribution in [1.29, 1.82) is 0 Å². The Balaban J connectivity index is 1.75. The van der Waals surface area contributed by atoms with E-state index in [0.29, 0.717) is 12.5 Å². The summed E-state index contributed by atoms with van der Waals surface area (Å²) >= 11 is 0. The number of fused-ring (bicyclic) bond motifs is 2. The Labute approximate surface area is 177 Å². The fourth-order valence-electron chi connectivity index (χ4n) is 4.84. The van der Waals surface area contributed by atoms with Crippen LogP contribution in [0.25, 0.3) is 0 Å². The molecule has 4 rings (SSSR count). The number of hydrogen-bond acceptors (Lipinski definition) is 2. The first kappa shape index (κ1) is 20.7. The van der Waals surface area contributed by atoms with E-state index in [-0.39, 0.29) is 5.41 Å². The van der Waals surface area contributed by atoms with Gasteiger partial charge in [-0.15, -0.1) is 6.58 Å². The summed E-state index contributed by atoms with van der Waals surface area (Å²) in [5, 5.41) is 0. The normalized spacial score (nSPS) is 18.1. The number of likely N-dealkylation sites (tertiary alicyclic amines) is 1. The predicted octanol–water partition coefficient (Wildman–Crippen LogP) is 5.27. The van der Waals surface area contributed by atoms with Gasteiger partial charge >= 0.3 is 0 Å². The molecular formula is C25H28F2N2O. The minimum atomic E-state index is -0.817. The van der Waals surface area contributed by atoms with E-state index in [1.165, 1.54) is 11.6 Å². The molecule has 0 bridgehead atoms. The molecule has 1 fully saturated rings. The van der Waals surface area contributed by atoms with Crippen molar-refractivity contribution in [2.75, 3.05) is 31.1 Å². The molecule has 3 nitrogen and oxygen atoms in total. The minimum Gasteiger partial charge on any atom is -0.307 e. The van der Waals surface area contributed by atoms with E-state index in [9.17, 15) is 13.6 Å². The van der Waals surface area contributed by atoms with Crippen LogP contribution < -0.4 is 4.90 Å². The van der Waals surface area contributed by atoms with Crippen molar-refractivity contribution in [2.45, 2.75) is 38.0 Å². The molecule has 2 aromatic carbocycles. The number of amides is 1. The van der Waals surface area contributed by atoms with E-state index >= 15 is 0 Å². The molecule has 2 aliphatic heterocycles. The lowest BCUT2D eigenvalue weighted by atomic mass is 9.73. The van der Waals surface area contributed by atoms with Gasteiger partial charge in [-0.05, 0) is 61.2 Å². The molecule has 2 aliphatic rings. The zero-order valence-corrected chi connectivity index (χ0v) is 17.6. The van der Waals surface area contributed by atoms with E-state index in [2.05, 4.69) is 31.4 Å². The molecule has 158 valence electrons. The van der Waals surface area contributed by atoms with Gasteiger partial charge in [0.15, 0.2) is 0 Å². The number of piperidine rings is 1. The molecule has 0 saturated carbocycles. The van der Waals surface area contributed by atoms with Crippen LogP contribution in [0.15, 0.2) is 49.1 Å². The number of halogens is 2. The van der Waals surface area contributed by atoms with Crippen LogP contribution in [0.3, 0.4) is 0 Å². The number of rotatable bonds is 4. The lowest BCUT2D eigenvalue weighted by Crippen LogP contribution is -2.46. The Kier molecular flexibility index (Phi) is 5.49. The van der Waals surface area contributed by atoms with Gasteiger partial charge in [0.1, 0.15) is 17.2 Å². The van der Waals surface area contributed by atoms with Crippen LogP contribution in [0, 0.1) is 11.6 Å². The smallest absolute Gasteiger partial charge is 0.264 e. The standard InChI is InChI=1S/C25H28F2N2O/c1-4-12-28-13-10-25(11-14-28)16-29(22-9-8-18(17(2)3)15-19(22)25)24(30)23-20(26)6-5-7-21(23)27/h4-9,15,17H,1,10-14,16H2,2-3H3. The van der Waals surface area contributed by atoms with Gasteiger partial charge < -0.3 is 4.90 Å². The quantitative estimate of drug-likeness (QED) is 0.641. The highest BCUT2D eigenvalue weighted by Crippen LogP contribution is 2.48. The van der Waals surface area contributed by atoms with Crippen LogP contribution in [0.4, 0.5) is 14.5 Å². The molecule has 1 amide bonds. The maximum absolute atomic E-state index is 14.4. The predicted molar refractivity (Wildman–Crippen MR) is 116 cm³/mol. The first-order chi connectivity index (χ1) is 14.4. The summed E-state index contributed by atoms with van der Waals surface area (Å²) in [6.07, 6.45) is 3.71. The monoisotopic (exact) mass is 410 g/mol. The molecule has 0 N–H and O–H groups in total. The SMILES string of the molecule is C=CCN1CCC2(CC1)CN(C(=O)c1c(F)cccc1F)c1ccc(C(C)C)cc12. The highest BCUT2D eigenvalue weighted by molar-refractivity contribution is 6.08. The summed E-state index contributed by atoms with van der Waals surface area (Å²) < 4.78 is 28.7. The van der Waals surface area contributed by atoms with E-state index in [1.54, 1.807) is 4.90 Å². The van der Waals surface area contributed by atoms with Gasteiger partial charge in [0.05, 0.1) is 0 Å². The third kappa shape index (κ3) is 3.45. The number of carbonyl (C=O) groups is 1. The molecule has 2 heterocycles. The maximum Gasteiger partial charge on any atom is 0.264 e. The number of hydrogen-bond donors (Lipinski definition) is 0. The van der Waals surface area contributed by atoms with Crippen LogP contribution in [0.2, 0.25) is 0 Å². The Morgan fingerprint density at radius 2 is 1.83 bits per heavy atom. The second-order valence-corrected chi connectivity index (χ2v) is 8.79. The molecule has 1 spiro atoms. The molecule has 0 atom stereocenters. The summed E-state index contributed by atoms with van der Waals surface area (Å²) in [6, 6.07) is 9.73. The number of carbonyl (C=O) groups excluding carboxylic acids is 1. The second-order valence-electron chi connectivity index (χ2n) is 8.79. The van der Waals surface area contributed by atoms with Gasteiger partial charge in [0.2, 0.25) is 0 Å².